The van der Waals surface area contributed by atoms with Crippen molar-refractivity contribution in [2.24, 2.45) is 0 Å². The summed E-state index contributed by atoms with van der Waals surface area (Å²) < 4.78 is 7.26. The highest BCUT2D eigenvalue weighted by Gasteiger charge is 2.27. The Labute approximate surface area is 232 Å². The Hall–Kier alpha value is -4.66. The molecule has 40 heavy (non-hydrogen) atoms. The molecule has 1 aliphatic heterocycles. The molecule has 1 atom stereocenters. The quantitative estimate of drug-likeness (QED) is 0.231. The van der Waals surface area contributed by atoms with E-state index in [2.05, 4.69) is 38.0 Å². The van der Waals surface area contributed by atoms with Crippen LogP contribution in [-0.4, -0.2) is 51.1 Å². The van der Waals surface area contributed by atoms with Crippen LogP contribution in [0.1, 0.15) is 53.1 Å². The fourth-order valence-corrected chi connectivity index (χ4v) is 5.38. The Morgan fingerprint density at radius 1 is 1.10 bits per heavy atom. The SMILES string of the molecule is CCOC(=O)c1ccc(-n2c(C)cc(C3CC(=O)C=CN3CCCNc3n[nH]c(=O)c4ccccc34)c2C)cc1. The minimum atomic E-state index is -0.335. The van der Waals surface area contributed by atoms with Gasteiger partial charge in [-0.2, -0.15) is 5.10 Å². The smallest absolute Gasteiger partial charge is 0.338 e. The van der Waals surface area contributed by atoms with Gasteiger partial charge in [-0.1, -0.05) is 18.2 Å². The lowest BCUT2D eigenvalue weighted by atomic mass is 9.97. The molecule has 0 saturated carbocycles. The van der Waals surface area contributed by atoms with Crippen LogP contribution in [0.5, 0.6) is 0 Å². The average molecular weight is 540 g/mol. The van der Waals surface area contributed by atoms with Gasteiger partial charge in [0.1, 0.15) is 0 Å². The van der Waals surface area contributed by atoms with Crippen LogP contribution in [-0.2, 0) is 9.53 Å². The Morgan fingerprint density at radius 3 is 2.60 bits per heavy atom. The van der Waals surface area contributed by atoms with Crippen molar-refractivity contribution in [3.8, 4) is 5.69 Å². The maximum absolute atomic E-state index is 12.5. The molecular weight excluding hydrogens is 506 g/mol. The van der Waals surface area contributed by atoms with Crippen molar-refractivity contribution < 1.29 is 14.3 Å². The van der Waals surface area contributed by atoms with E-state index in [0.717, 1.165) is 41.0 Å². The summed E-state index contributed by atoms with van der Waals surface area (Å²) in [5.74, 6) is 0.415. The lowest BCUT2D eigenvalue weighted by Crippen LogP contribution is -2.31. The van der Waals surface area contributed by atoms with E-state index >= 15 is 0 Å². The molecule has 0 aliphatic carbocycles. The third kappa shape index (κ3) is 5.40. The van der Waals surface area contributed by atoms with Gasteiger partial charge in [0.25, 0.3) is 5.56 Å². The van der Waals surface area contributed by atoms with E-state index in [4.69, 9.17) is 4.74 Å². The van der Waals surface area contributed by atoms with E-state index in [0.29, 0.717) is 36.3 Å². The van der Waals surface area contributed by atoms with Gasteiger partial charge in [0, 0.05) is 48.2 Å². The highest BCUT2D eigenvalue weighted by molar-refractivity contribution is 5.91. The Bertz CT molecular complexity index is 1630. The number of carbonyl (C=O) groups is 2. The molecule has 5 rings (SSSR count). The number of rotatable bonds is 9. The maximum atomic E-state index is 12.5. The molecule has 1 aliphatic rings. The van der Waals surface area contributed by atoms with E-state index in [-0.39, 0.29) is 23.4 Å². The maximum Gasteiger partial charge on any atom is 0.338 e. The first kappa shape index (κ1) is 26.9. The van der Waals surface area contributed by atoms with E-state index in [1.807, 2.05) is 43.5 Å². The van der Waals surface area contributed by atoms with Crippen LogP contribution in [0, 0.1) is 13.8 Å². The van der Waals surface area contributed by atoms with Crippen LogP contribution in [0.2, 0.25) is 0 Å². The molecule has 2 N–H and O–H groups in total. The predicted octanol–water partition coefficient (Wildman–Crippen LogP) is 4.84. The number of aromatic nitrogens is 3. The summed E-state index contributed by atoms with van der Waals surface area (Å²) in [7, 11) is 0. The number of benzene rings is 2. The van der Waals surface area contributed by atoms with Crippen LogP contribution < -0.4 is 10.9 Å². The van der Waals surface area contributed by atoms with Gasteiger partial charge in [0.05, 0.1) is 23.6 Å². The van der Waals surface area contributed by atoms with Gasteiger partial charge < -0.3 is 19.5 Å². The van der Waals surface area contributed by atoms with Gasteiger partial charge >= 0.3 is 5.97 Å². The summed E-state index contributed by atoms with van der Waals surface area (Å²) in [5.41, 5.74) is 4.47. The number of hydrogen-bond donors (Lipinski definition) is 2. The molecule has 0 fully saturated rings. The lowest BCUT2D eigenvalue weighted by Gasteiger charge is -2.33. The number of aromatic amines is 1. The van der Waals surface area contributed by atoms with Crippen LogP contribution in [0.3, 0.4) is 0 Å². The molecule has 9 nitrogen and oxygen atoms in total. The second-order valence-corrected chi connectivity index (χ2v) is 9.90. The summed E-state index contributed by atoms with van der Waals surface area (Å²) in [4.78, 5) is 38.8. The van der Waals surface area contributed by atoms with Crippen molar-refractivity contribution in [1.29, 1.82) is 0 Å². The zero-order chi connectivity index (χ0) is 28.2. The number of nitrogens with one attached hydrogen (secondary N) is 2. The number of hydrogen-bond acceptors (Lipinski definition) is 7. The molecule has 2 aromatic carbocycles. The number of anilines is 1. The van der Waals surface area contributed by atoms with E-state index in [1.165, 1.54) is 0 Å². The van der Waals surface area contributed by atoms with Crippen molar-refractivity contribution >= 4 is 28.3 Å². The summed E-state index contributed by atoms with van der Waals surface area (Å²) in [6.45, 7) is 7.63. The van der Waals surface area contributed by atoms with E-state index in [9.17, 15) is 14.4 Å². The predicted molar refractivity (Wildman–Crippen MR) is 155 cm³/mol. The number of ether oxygens (including phenoxy) is 1. The number of esters is 1. The lowest BCUT2D eigenvalue weighted by molar-refractivity contribution is -0.116. The summed E-state index contributed by atoms with van der Waals surface area (Å²) in [6.07, 6.45) is 4.75. The molecule has 4 aromatic rings. The van der Waals surface area contributed by atoms with Crippen molar-refractivity contribution in [3.63, 3.8) is 0 Å². The molecule has 206 valence electrons. The van der Waals surface area contributed by atoms with Crippen LogP contribution in [0.15, 0.2) is 71.7 Å². The fourth-order valence-electron chi connectivity index (χ4n) is 5.38. The second kappa shape index (κ2) is 11.6. The minimum absolute atomic E-state index is 0.0803. The standard InChI is InChI=1S/C31H33N5O4/c1-4-40-31(39)22-10-12-23(13-11-22)36-20(2)18-27(21(36)3)28-19-24(37)14-17-35(28)16-7-15-32-29-25-8-5-6-9-26(25)30(38)34-33-29/h5-6,8-14,17-18,28H,4,7,15-16,19H2,1-3H3,(H,32,33)(H,34,38). The Balaban J connectivity index is 1.31. The van der Waals surface area contributed by atoms with Gasteiger partial charge in [-0.25, -0.2) is 9.89 Å². The second-order valence-electron chi connectivity index (χ2n) is 9.90. The monoisotopic (exact) mass is 539 g/mol. The molecule has 0 spiro atoms. The van der Waals surface area contributed by atoms with Gasteiger partial charge in [0.15, 0.2) is 11.6 Å². The van der Waals surface area contributed by atoms with Crippen LogP contribution >= 0.6 is 0 Å². The third-order valence-electron chi connectivity index (χ3n) is 7.29. The Morgan fingerprint density at radius 2 is 1.85 bits per heavy atom. The zero-order valence-electron chi connectivity index (χ0n) is 22.9. The van der Waals surface area contributed by atoms with Crippen LogP contribution in [0.4, 0.5) is 5.82 Å². The van der Waals surface area contributed by atoms with E-state index < -0.39 is 0 Å². The molecule has 9 heteroatoms. The number of allylic oxidation sites excluding steroid dienone is 1. The topological polar surface area (TPSA) is 109 Å². The van der Waals surface area contributed by atoms with Crippen molar-refractivity contribution in [3.05, 3.63) is 99.7 Å². The third-order valence-corrected chi connectivity index (χ3v) is 7.29. The number of fused-ring (bicyclic) bond motifs is 1. The average Bonchev–Trinajstić information content (AvgIpc) is 3.26. The number of carbonyl (C=O) groups excluding carboxylic acids is 2. The first-order chi connectivity index (χ1) is 19.4. The molecule has 1 unspecified atom stereocenters. The molecule has 0 amide bonds. The summed E-state index contributed by atoms with van der Waals surface area (Å²) in [5, 5.41) is 11.5. The highest BCUT2D eigenvalue weighted by atomic mass is 16.5. The first-order valence-electron chi connectivity index (χ1n) is 13.5. The molecule has 0 bridgehead atoms. The van der Waals surface area contributed by atoms with Crippen LogP contribution in [0.25, 0.3) is 16.5 Å². The first-order valence-corrected chi connectivity index (χ1v) is 13.5. The molecule has 0 saturated heterocycles. The number of aryl methyl sites for hydroxylation is 1. The minimum Gasteiger partial charge on any atom is -0.462 e. The van der Waals surface area contributed by atoms with Gasteiger partial charge in [0.2, 0.25) is 0 Å². The number of ketones is 1. The largest absolute Gasteiger partial charge is 0.462 e. The molecule has 3 heterocycles. The molecular formula is C31H33N5O4. The molecule has 2 aromatic heterocycles. The summed E-state index contributed by atoms with van der Waals surface area (Å²) in [6, 6.07) is 16.8. The highest BCUT2D eigenvalue weighted by Crippen LogP contribution is 2.34. The van der Waals surface area contributed by atoms with Crippen molar-refractivity contribution in [1.82, 2.24) is 19.7 Å². The van der Waals surface area contributed by atoms with Gasteiger partial charge in [-0.15, -0.1) is 0 Å². The normalized spacial score (nSPS) is 15.0. The van der Waals surface area contributed by atoms with Crippen molar-refractivity contribution in [2.45, 2.75) is 39.7 Å². The van der Waals surface area contributed by atoms with E-state index in [1.54, 1.807) is 31.2 Å². The zero-order valence-corrected chi connectivity index (χ0v) is 22.9. The van der Waals surface area contributed by atoms with Gasteiger partial charge in [-0.05, 0) is 75.2 Å². The number of H-pyrrole nitrogens is 1. The fraction of sp³-hybridized carbons (Fsp3) is 0.290. The molecule has 0 radical (unpaired) electrons. The Kier molecular flexibility index (Phi) is 7.82. The van der Waals surface area contributed by atoms with Crippen molar-refractivity contribution in [2.75, 3.05) is 25.0 Å². The number of nitrogens with zero attached hydrogens (tertiary/aromatic N) is 3. The summed E-state index contributed by atoms with van der Waals surface area (Å²) >= 11 is 0. The van der Waals surface area contributed by atoms with Gasteiger partial charge in [-0.3, -0.25) is 9.59 Å².